The topological polar surface area (TPSA) is 51.2 Å². The first-order chi connectivity index (χ1) is 10.2. The summed E-state index contributed by atoms with van der Waals surface area (Å²) in [5.41, 5.74) is 0.970. The number of hydrogen-bond donors (Lipinski definition) is 1. The zero-order valence-electron chi connectivity index (χ0n) is 12.0. The summed E-state index contributed by atoms with van der Waals surface area (Å²) in [5, 5.41) is 2.94. The van der Waals surface area contributed by atoms with E-state index in [4.69, 9.17) is 4.74 Å². The summed E-state index contributed by atoms with van der Waals surface area (Å²) in [4.78, 5) is 16.0. The Morgan fingerprint density at radius 1 is 1.29 bits per heavy atom. The zero-order valence-corrected chi connectivity index (χ0v) is 12.0. The average molecular weight is 282 g/mol. The van der Waals surface area contributed by atoms with Gasteiger partial charge >= 0.3 is 0 Å². The first-order valence-corrected chi connectivity index (χ1v) is 7.18. The first-order valence-electron chi connectivity index (χ1n) is 7.18. The molecule has 1 amide bonds. The molecule has 1 aliphatic rings. The molecule has 1 aliphatic carbocycles. The third-order valence-electron chi connectivity index (χ3n) is 3.68. The summed E-state index contributed by atoms with van der Waals surface area (Å²) in [5.74, 6) is 2.19. The summed E-state index contributed by atoms with van der Waals surface area (Å²) < 4.78 is 5.62. The predicted molar refractivity (Wildman–Crippen MR) is 79.9 cm³/mol. The molecule has 21 heavy (non-hydrogen) atoms. The molecule has 1 fully saturated rings. The number of nitrogens with zero attached hydrogens (tertiary/aromatic N) is 1. The highest BCUT2D eigenvalue weighted by Crippen LogP contribution is 2.37. The lowest BCUT2D eigenvalue weighted by Crippen LogP contribution is -2.24. The van der Waals surface area contributed by atoms with Crippen LogP contribution in [0, 0.1) is 11.8 Å². The number of carbonyl (C=O) groups excluding carboxylic acids is 1. The van der Waals surface area contributed by atoms with Crippen molar-refractivity contribution < 1.29 is 9.53 Å². The Hall–Kier alpha value is -2.36. The van der Waals surface area contributed by atoms with Gasteiger partial charge in [-0.05, 0) is 30.0 Å². The van der Waals surface area contributed by atoms with Crippen molar-refractivity contribution in [1.82, 2.24) is 10.3 Å². The van der Waals surface area contributed by atoms with Gasteiger partial charge in [0.25, 0.3) is 0 Å². The van der Waals surface area contributed by atoms with Crippen molar-refractivity contribution >= 4 is 5.91 Å². The van der Waals surface area contributed by atoms with Gasteiger partial charge in [0, 0.05) is 24.7 Å². The second kappa shape index (κ2) is 5.95. The van der Waals surface area contributed by atoms with E-state index < -0.39 is 0 Å². The fourth-order valence-electron chi connectivity index (χ4n) is 2.19. The Labute approximate surface area is 124 Å². The maximum absolute atomic E-state index is 11.7. The van der Waals surface area contributed by atoms with Gasteiger partial charge in [0.1, 0.15) is 5.75 Å². The summed E-state index contributed by atoms with van der Waals surface area (Å²) in [7, 11) is 0. The average Bonchev–Trinajstić information content (AvgIpc) is 3.24. The molecule has 1 heterocycles. The number of aromatic nitrogens is 1. The number of carbonyl (C=O) groups is 1. The van der Waals surface area contributed by atoms with Crippen LogP contribution in [0.3, 0.4) is 0 Å². The molecule has 0 spiro atoms. The van der Waals surface area contributed by atoms with Gasteiger partial charge in [-0.2, -0.15) is 0 Å². The Morgan fingerprint density at radius 3 is 2.67 bits per heavy atom. The van der Waals surface area contributed by atoms with Crippen molar-refractivity contribution in [3.63, 3.8) is 0 Å². The summed E-state index contributed by atoms with van der Waals surface area (Å²) in [6.45, 7) is 2.61. The molecule has 2 atom stereocenters. The van der Waals surface area contributed by atoms with E-state index in [1.54, 1.807) is 6.20 Å². The normalized spacial score (nSPS) is 19.9. The van der Waals surface area contributed by atoms with Gasteiger partial charge in [-0.15, -0.1) is 0 Å². The van der Waals surface area contributed by atoms with Crippen LogP contribution in [0.5, 0.6) is 11.6 Å². The van der Waals surface area contributed by atoms with Crippen LogP contribution in [-0.2, 0) is 11.3 Å². The van der Waals surface area contributed by atoms with Crippen LogP contribution in [-0.4, -0.2) is 10.9 Å². The highest BCUT2D eigenvalue weighted by Gasteiger charge is 2.38. The maximum Gasteiger partial charge on any atom is 0.223 e. The Bertz CT molecular complexity index is 610. The van der Waals surface area contributed by atoms with Crippen LogP contribution >= 0.6 is 0 Å². The molecule has 2 aromatic rings. The van der Waals surface area contributed by atoms with Crippen molar-refractivity contribution in [3.05, 3.63) is 54.2 Å². The van der Waals surface area contributed by atoms with Gasteiger partial charge in [0.05, 0.1) is 0 Å². The molecule has 4 nitrogen and oxygen atoms in total. The maximum atomic E-state index is 11.7. The molecule has 1 aromatic heterocycles. The van der Waals surface area contributed by atoms with Crippen LogP contribution < -0.4 is 10.1 Å². The van der Waals surface area contributed by atoms with Crippen molar-refractivity contribution in [2.45, 2.75) is 19.9 Å². The number of ether oxygens (including phenoxy) is 1. The van der Waals surface area contributed by atoms with Crippen LogP contribution in [0.4, 0.5) is 0 Å². The Morgan fingerprint density at radius 2 is 2.05 bits per heavy atom. The van der Waals surface area contributed by atoms with E-state index in [0.29, 0.717) is 18.3 Å². The van der Waals surface area contributed by atoms with Gasteiger partial charge in [-0.3, -0.25) is 4.79 Å². The van der Waals surface area contributed by atoms with Crippen LogP contribution in [0.25, 0.3) is 0 Å². The monoisotopic (exact) mass is 282 g/mol. The molecule has 4 heteroatoms. The molecule has 0 radical (unpaired) electrons. The lowest BCUT2D eigenvalue weighted by atomic mass is 10.2. The predicted octanol–water partition coefficient (Wildman–Crippen LogP) is 3.15. The molecule has 0 aliphatic heterocycles. The van der Waals surface area contributed by atoms with Crippen LogP contribution in [0.2, 0.25) is 0 Å². The molecule has 108 valence electrons. The number of amides is 1. The summed E-state index contributed by atoms with van der Waals surface area (Å²) in [6, 6.07) is 13.3. The summed E-state index contributed by atoms with van der Waals surface area (Å²) in [6.07, 6.45) is 2.74. The fraction of sp³-hybridized carbons (Fsp3) is 0.294. The molecular formula is C17H18N2O2. The van der Waals surface area contributed by atoms with E-state index in [-0.39, 0.29) is 11.8 Å². The number of pyridine rings is 1. The van der Waals surface area contributed by atoms with Crippen molar-refractivity contribution in [1.29, 1.82) is 0 Å². The Balaban J connectivity index is 1.53. The number of nitrogens with one attached hydrogen (secondary N) is 1. The minimum atomic E-state index is 0.145. The highest BCUT2D eigenvalue weighted by molar-refractivity contribution is 5.81. The number of para-hydroxylation sites is 1. The lowest BCUT2D eigenvalue weighted by Gasteiger charge is -2.07. The fourth-order valence-corrected chi connectivity index (χ4v) is 2.19. The molecule has 1 N–H and O–H groups in total. The second-order valence-corrected chi connectivity index (χ2v) is 5.46. The molecule has 3 rings (SSSR count). The van der Waals surface area contributed by atoms with Gasteiger partial charge in [0.15, 0.2) is 0 Å². The number of benzene rings is 1. The largest absolute Gasteiger partial charge is 0.439 e. The Kier molecular flexibility index (Phi) is 3.86. The van der Waals surface area contributed by atoms with E-state index in [9.17, 15) is 4.79 Å². The molecule has 0 bridgehead atoms. The van der Waals surface area contributed by atoms with Gasteiger partial charge in [-0.25, -0.2) is 4.98 Å². The smallest absolute Gasteiger partial charge is 0.223 e. The van der Waals surface area contributed by atoms with E-state index >= 15 is 0 Å². The highest BCUT2D eigenvalue weighted by atomic mass is 16.5. The van der Waals surface area contributed by atoms with Crippen molar-refractivity contribution in [3.8, 4) is 11.6 Å². The van der Waals surface area contributed by atoms with Crippen LogP contribution in [0.15, 0.2) is 48.7 Å². The lowest BCUT2D eigenvalue weighted by molar-refractivity contribution is -0.122. The standard InChI is InChI=1S/C17H18N2O2/c1-12-9-15(12)17(20)19-11-13-7-8-16(18-10-13)21-14-5-3-2-4-6-14/h2-8,10,12,15H,9,11H2,1H3,(H,19,20)/t12-,15+/m1/s1. The van der Waals surface area contributed by atoms with Gasteiger partial charge in [0.2, 0.25) is 11.8 Å². The van der Waals surface area contributed by atoms with Gasteiger partial charge in [-0.1, -0.05) is 31.2 Å². The molecular weight excluding hydrogens is 264 g/mol. The van der Waals surface area contributed by atoms with E-state index in [1.807, 2.05) is 42.5 Å². The van der Waals surface area contributed by atoms with Crippen molar-refractivity contribution in [2.75, 3.05) is 0 Å². The van der Waals surface area contributed by atoms with Gasteiger partial charge < -0.3 is 10.1 Å². The minimum Gasteiger partial charge on any atom is -0.439 e. The number of rotatable bonds is 5. The first kappa shape index (κ1) is 13.6. The molecule has 1 aromatic carbocycles. The van der Waals surface area contributed by atoms with E-state index in [0.717, 1.165) is 17.7 Å². The minimum absolute atomic E-state index is 0.145. The van der Waals surface area contributed by atoms with E-state index in [1.165, 1.54) is 0 Å². The van der Waals surface area contributed by atoms with E-state index in [2.05, 4.69) is 17.2 Å². The summed E-state index contributed by atoms with van der Waals surface area (Å²) >= 11 is 0. The molecule has 0 saturated heterocycles. The molecule has 1 saturated carbocycles. The van der Waals surface area contributed by atoms with Crippen LogP contribution in [0.1, 0.15) is 18.9 Å². The SMILES string of the molecule is C[C@@H]1C[C@@H]1C(=O)NCc1ccc(Oc2ccccc2)nc1. The second-order valence-electron chi connectivity index (χ2n) is 5.46. The van der Waals surface area contributed by atoms with Crippen molar-refractivity contribution in [2.24, 2.45) is 11.8 Å². The number of hydrogen-bond acceptors (Lipinski definition) is 3. The third-order valence-corrected chi connectivity index (χ3v) is 3.68. The molecule has 0 unspecified atom stereocenters. The third kappa shape index (κ3) is 3.60. The quantitative estimate of drug-likeness (QED) is 0.916. The zero-order chi connectivity index (χ0) is 14.7.